The normalized spacial score (nSPS) is 25.3. The molecule has 0 spiro atoms. The lowest BCUT2D eigenvalue weighted by molar-refractivity contribution is 0.230. The highest BCUT2D eigenvalue weighted by Gasteiger charge is 2.28. The molecule has 2 nitrogen and oxygen atoms in total. The molecule has 0 amide bonds. The largest absolute Gasteiger partial charge is 0.309 e. The lowest BCUT2D eigenvalue weighted by Crippen LogP contribution is -2.32. The summed E-state index contributed by atoms with van der Waals surface area (Å²) in [4.78, 5) is 4.73. The highest BCUT2D eigenvalue weighted by atomic mass is 14.9. The third-order valence-electron chi connectivity index (χ3n) is 4.51. The molecule has 0 saturated heterocycles. The Labute approximate surface area is 118 Å². The van der Waals surface area contributed by atoms with Gasteiger partial charge in [0.1, 0.15) is 0 Å². The Morgan fingerprint density at radius 3 is 2.53 bits per heavy atom. The first kappa shape index (κ1) is 14.5. The summed E-state index contributed by atoms with van der Waals surface area (Å²) in [5, 5.41) is 3.68. The van der Waals surface area contributed by atoms with Crippen molar-refractivity contribution in [3.05, 3.63) is 29.1 Å². The zero-order valence-electron chi connectivity index (χ0n) is 12.9. The molecule has 1 saturated carbocycles. The van der Waals surface area contributed by atoms with Gasteiger partial charge in [0.2, 0.25) is 0 Å². The van der Waals surface area contributed by atoms with Gasteiger partial charge in [0.15, 0.2) is 0 Å². The van der Waals surface area contributed by atoms with Gasteiger partial charge in [-0.3, -0.25) is 4.98 Å². The van der Waals surface area contributed by atoms with Crippen LogP contribution in [-0.2, 0) is 0 Å². The summed E-state index contributed by atoms with van der Waals surface area (Å²) >= 11 is 0. The van der Waals surface area contributed by atoms with Gasteiger partial charge >= 0.3 is 0 Å². The third kappa shape index (κ3) is 3.56. The van der Waals surface area contributed by atoms with Crippen LogP contribution in [0.5, 0.6) is 0 Å². The fourth-order valence-electron chi connectivity index (χ4n) is 3.38. The van der Waals surface area contributed by atoms with E-state index in [9.17, 15) is 0 Å². The van der Waals surface area contributed by atoms with E-state index >= 15 is 0 Å². The van der Waals surface area contributed by atoms with E-state index in [1.807, 2.05) is 6.20 Å². The number of hydrogen-bond donors (Lipinski definition) is 1. The highest BCUT2D eigenvalue weighted by Crippen LogP contribution is 2.37. The second-order valence-electron chi connectivity index (χ2n) is 6.27. The van der Waals surface area contributed by atoms with Crippen molar-refractivity contribution in [2.24, 2.45) is 11.8 Å². The van der Waals surface area contributed by atoms with Crippen molar-refractivity contribution >= 4 is 0 Å². The van der Waals surface area contributed by atoms with Gasteiger partial charge in [0, 0.05) is 6.20 Å². The number of nitrogens with zero attached hydrogens (tertiary/aromatic N) is 1. The Balaban J connectivity index is 2.19. The van der Waals surface area contributed by atoms with E-state index in [4.69, 9.17) is 4.98 Å². The molecule has 2 heteroatoms. The minimum atomic E-state index is 0.443. The SMILES string of the molecule is CCNC(c1ncc(C)cc1C)C1CCC(C)CC1. The fourth-order valence-corrected chi connectivity index (χ4v) is 3.38. The number of aryl methyl sites for hydroxylation is 2. The van der Waals surface area contributed by atoms with Crippen molar-refractivity contribution in [1.82, 2.24) is 10.3 Å². The predicted octanol–water partition coefficient (Wildman–Crippen LogP) is 4.18. The van der Waals surface area contributed by atoms with E-state index in [-0.39, 0.29) is 0 Å². The average Bonchev–Trinajstić information content (AvgIpc) is 2.38. The van der Waals surface area contributed by atoms with Crippen LogP contribution in [0.3, 0.4) is 0 Å². The number of pyridine rings is 1. The first-order valence-electron chi connectivity index (χ1n) is 7.78. The molecule has 1 aromatic rings. The molecule has 1 aliphatic carbocycles. The van der Waals surface area contributed by atoms with Crippen molar-refractivity contribution in [1.29, 1.82) is 0 Å². The van der Waals surface area contributed by atoms with Crippen LogP contribution in [0.25, 0.3) is 0 Å². The zero-order chi connectivity index (χ0) is 13.8. The molecule has 2 rings (SSSR count). The lowest BCUT2D eigenvalue weighted by Gasteiger charge is -2.33. The molecule has 1 unspecified atom stereocenters. The van der Waals surface area contributed by atoms with Crippen LogP contribution in [0.15, 0.2) is 12.3 Å². The summed E-state index contributed by atoms with van der Waals surface area (Å²) in [6.07, 6.45) is 7.44. The van der Waals surface area contributed by atoms with Gasteiger partial charge < -0.3 is 5.32 Å². The summed E-state index contributed by atoms with van der Waals surface area (Å²) in [5.41, 5.74) is 3.87. The lowest BCUT2D eigenvalue weighted by atomic mass is 9.77. The van der Waals surface area contributed by atoms with E-state index in [2.05, 4.69) is 39.1 Å². The summed E-state index contributed by atoms with van der Waals surface area (Å²) in [6.45, 7) is 9.92. The molecule has 0 aliphatic heterocycles. The van der Waals surface area contributed by atoms with Gasteiger partial charge in [-0.15, -0.1) is 0 Å². The molecule has 1 N–H and O–H groups in total. The van der Waals surface area contributed by atoms with Crippen molar-refractivity contribution in [2.75, 3.05) is 6.54 Å². The number of aromatic nitrogens is 1. The summed E-state index contributed by atoms with van der Waals surface area (Å²) < 4.78 is 0. The van der Waals surface area contributed by atoms with Crippen LogP contribution in [0.4, 0.5) is 0 Å². The highest BCUT2D eigenvalue weighted by molar-refractivity contribution is 5.26. The molecular weight excluding hydrogens is 232 g/mol. The molecule has 1 aliphatic rings. The number of nitrogens with one attached hydrogen (secondary N) is 1. The van der Waals surface area contributed by atoms with Crippen molar-refractivity contribution in [3.63, 3.8) is 0 Å². The van der Waals surface area contributed by atoms with E-state index in [1.54, 1.807) is 0 Å². The first-order valence-corrected chi connectivity index (χ1v) is 7.78. The van der Waals surface area contributed by atoms with Gasteiger partial charge in [0.05, 0.1) is 11.7 Å². The third-order valence-corrected chi connectivity index (χ3v) is 4.51. The summed E-state index contributed by atoms with van der Waals surface area (Å²) in [6, 6.07) is 2.70. The number of hydrogen-bond acceptors (Lipinski definition) is 2. The van der Waals surface area contributed by atoms with Crippen LogP contribution in [0, 0.1) is 25.7 Å². The van der Waals surface area contributed by atoms with E-state index < -0.39 is 0 Å². The van der Waals surface area contributed by atoms with Gasteiger partial charge in [0.25, 0.3) is 0 Å². The van der Waals surface area contributed by atoms with Crippen LogP contribution < -0.4 is 5.32 Å². The maximum absolute atomic E-state index is 4.73. The molecule has 0 bridgehead atoms. The van der Waals surface area contributed by atoms with Gasteiger partial charge in [-0.2, -0.15) is 0 Å². The Morgan fingerprint density at radius 1 is 1.26 bits per heavy atom. The fraction of sp³-hybridized carbons (Fsp3) is 0.706. The van der Waals surface area contributed by atoms with E-state index in [0.717, 1.165) is 18.4 Å². The Kier molecular flexibility index (Phi) is 4.98. The standard InChI is InChI=1S/C17H28N2/c1-5-18-17(15-8-6-12(2)7-9-15)16-14(4)10-13(3)11-19-16/h10-12,15,17-18H,5-9H2,1-4H3. The second kappa shape index (κ2) is 6.51. The second-order valence-corrected chi connectivity index (χ2v) is 6.27. The smallest absolute Gasteiger partial charge is 0.0605 e. The molecule has 1 atom stereocenters. The summed E-state index contributed by atoms with van der Waals surface area (Å²) in [5.74, 6) is 1.66. The molecular formula is C17H28N2. The van der Waals surface area contributed by atoms with Gasteiger partial charge in [-0.05, 0) is 56.2 Å². The van der Waals surface area contributed by atoms with Crippen LogP contribution in [-0.4, -0.2) is 11.5 Å². The molecule has 1 heterocycles. The first-order chi connectivity index (χ1) is 9.11. The van der Waals surface area contributed by atoms with Crippen molar-refractivity contribution in [2.45, 2.75) is 59.4 Å². The average molecular weight is 260 g/mol. The monoisotopic (exact) mass is 260 g/mol. The maximum atomic E-state index is 4.73. The van der Waals surface area contributed by atoms with Crippen molar-refractivity contribution < 1.29 is 0 Å². The molecule has 19 heavy (non-hydrogen) atoms. The quantitative estimate of drug-likeness (QED) is 0.878. The van der Waals surface area contributed by atoms with Gasteiger partial charge in [-0.1, -0.05) is 32.8 Å². The van der Waals surface area contributed by atoms with Crippen LogP contribution >= 0.6 is 0 Å². The Morgan fingerprint density at radius 2 is 1.95 bits per heavy atom. The zero-order valence-corrected chi connectivity index (χ0v) is 12.9. The molecule has 106 valence electrons. The predicted molar refractivity (Wildman–Crippen MR) is 81.3 cm³/mol. The maximum Gasteiger partial charge on any atom is 0.0605 e. The topological polar surface area (TPSA) is 24.9 Å². The molecule has 0 radical (unpaired) electrons. The van der Waals surface area contributed by atoms with E-state index in [1.165, 1.54) is 42.5 Å². The van der Waals surface area contributed by atoms with E-state index in [0.29, 0.717) is 6.04 Å². The Hall–Kier alpha value is -0.890. The van der Waals surface area contributed by atoms with Crippen molar-refractivity contribution in [3.8, 4) is 0 Å². The molecule has 1 fully saturated rings. The Bertz CT molecular complexity index is 406. The van der Waals surface area contributed by atoms with Gasteiger partial charge in [-0.25, -0.2) is 0 Å². The minimum Gasteiger partial charge on any atom is -0.309 e. The van der Waals surface area contributed by atoms with Crippen LogP contribution in [0.1, 0.15) is 62.4 Å². The number of rotatable bonds is 4. The summed E-state index contributed by atoms with van der Waals surface area (Å²) in [7, 11) is 0. The molecule has 0 aromatic carbocycles. The minimum absolute atomic E-state index is 0.443. The van der Waals surface area contributed by atoms with Crippen LogP contribution in [0.2, 0.25) is 0 Å². The molecule has 1 aromatic heterocycles.